The molecule has 0 fully saturated rings. The molecule has 0 unspecified atom stereocenters. The van der Waals surface area contributed by atoms with Gasteiger partial charge < -0.3 is 9.13 Å². The number of nitrogens with zero attached hydrogens (tertiary/aromatic N) is 2. The molecule has 5 aromatic carbocycles. The molecule has 42 heavy (non-hydrogen) atoms. The summed E-state index contributed by atoms with van der Waals surface area (Å²) in [5.74, 6) is 0. The molecule has 1 aliphatic rings. The highest BCUT2D eigenvalue weighted by atomic mass is 16.1. The van der Waals surface area contributed by atoms with Gasteiger partial charge in [-0.25, -0.2) is 0 Å². The monoisotopic (exact) mass is 542 g/mol. The first kappa shape index (κ1) is 24.3. The third-order valence-corrected chi connectivity index (χ3v) is 8.58. The number of benzene rings is 5. The van der Waals surface area contributed by atoms with Gasteiger partial charge in [-0.1, -0.05) is 54.6 Å². The maximum Gasteiger partial charge on any atom is 0.150 e. The van der Waals surface area contributed by atoms with E-state index in [-0.39, 0.29) is 0 Å². The SMILES string of the molecule is O=Cc1ccc2c(c1)c1ccccc1n2C1=CC=C(c2ccc(-n3c4ccccc4c4cc(C=O)ccc43)cc2)CC1. The Hall–Kier alpha value is -5.48. The van der Waals surface area contributed by atoms with Crippen LogP contribution in [0.25, 0.3) is 60.6 Å². The summed E-state index contributed by atoms with van der Waals surface area (Å²) in [7, 11) is 0. The summed E-state index contributed by atoms with van der Waals surface area (Å²) in [5.41, 5.74) is 10.8. The Balaban J connectivity index is 1.18. The molecular formula is C38H26N2O2. The topological polar surface area (TPSA) is 44.0 Å². The number of aromatic nitrogens is 2. The summed E-state index contributed by atoms with van der Waals surface area (Å²) < 4.78 is 4.61. The second kappa shape index (κ2) is 9.57. The van der Waals surface area contributed by atoms with Gasteiger partial charge in [-0.15, -0.1) is 0 Å². The third-order valence-electron chi connectivity index (χ3n) is 8.58. The Morgan fingerprint density at radius 3 is 1.62 bits per heavy atom. The first-order chi connectivity index (χ1) is 20.7. The van der Waals surface area contributed by atoms with Crippen molar-refractivity contribution in [2.75, 3.05) is 0 Å². The van der Waals surface area contributed by atoms with Crippen molar-refractivity contribution in [3.8, 4) is 5.69 Å². The molecule has 0 saturated heterocycles. The number of allylic oxidation sites excluding steroid dienone is 4. The van der Waals surface area contributed by atoms with Crippen LogP contribution in [0.15, 0.2) is 121 Å². The first-order valence-corrected chi connectivity index (χ1v) is 14.2. The molecule has 0 atom stereocenters. The number of hydrogen-bond donors (Lipinski definition) is 0. The number of carbonyl (C=O) groups is 2. The molecule has 0 bridgehead atoms. The standard InChI is InChI=1S/C38H26N2O2/c41-23-25-9-19-37-33(21-25)31-5-1-3-7-35(31)39(37)29-15-11-27(12-16-29)28-13-17-30(18-14-28)40-36-8-4-2-6-32(36)34-22-26(24-42)10-20-38(34)40/h1-13,15-17,19-24H,14,18H2. The fourth-order valence-electron chi connectivity index (χ4n) is 6.59. The second-order valence-electron chi connectivity index (χ2n) is 10.9. The van der Waals surface area contributed by atoms with Crippen molar-refractivity contribution in [3.05, 3.63) is 138 Å². The largest absolute Gasteiger partial charge is 0.313 e. The number of rotatable bonds is 5. The lowest BCUT2D eigenvalue weighted by Crippen LogP contribution is -2.01. The molecule has 4 nitrogen and oxygen atoms in total. The number of carbonyl (C=O) groups excluding carboxylic acids is 2. The number of aldehydes is 2. The van der Waals surface area contributed by atoms with Crippen LogP contribution >= 0.6 is 0 Å². The van der Waals surface area contributed by atoms with E-state index in [9.17, 15) is 9.59 Å². The van der Waals surface area contributed by atoms with Gasteiger partial charge in [-0.3, -0.25) is 9.59 Å². The Bertz CT molecular complexity index is 2280. The van der Waals surface area contributed by atoms with Gasteiger partial charge in [-0.2, -0.15) is 0 Å². The van der Waals surface area contributed by atoms with E-state index in [0.29, 0.717) is 11.1 Å². The number of para-hydroxylation sites is 2. The lowest BCUT2D eigenvalue weighted by Gasteiger charge is -2.18. The van der Waals surface area contributed by atoms with Gasteiger partial charge in [0.1, 0.15) is 12.6 Å². The molecular weight excluding hydrogens is 516 g/mol. The van der Waals surface area contributed by atoms with Crippen molar-refractivity contribution in [2.24, 2.45) is 0 Å². The maximum absolute atomic E-state index is 11.5. The fourth-order valence-corrected chi connectivity index (χ4v) is 6.59. The molecule has 2 aromatic heterocycles. The molecule has 0 N–H and O–H groups in total. The van der Waals surface area contributed by atoms with E-state index >= 15 is 0 Å². The highest BCUT2D eigenvalue weighted by Gasteiger charge is 2.17. The molecule has 1 aliphatic carbocycles. The average molecular weight is 543 g/mol. The lowest BCUT2D eigenvalue weighted by molar-refractivity contribution is 0.111. The summed E-state index contributed by atoms with van der Waals surface area (Å²) >= 11 is 0. The van der Waals surface area contributed by atoms with Crippen LogP contribution in [0.3, 0.4) is 0 Å². The number of hydrogen-bond acceptors (Lipinski definition) is 2. The van der Waals surface area contributed by atoms with Crippen molar-refractivity contribution >= 4 is 67.5 Å². The summed E-state index contributed by atoms with van der Waals surface area (Å²) in [6.07, 6.45) is 8.16. The molecule has 200 valence electrons. The smallest absolute Gasteiger partial charge is 0.150 e. The summed E-state index contributed by atoms with van der Waals surface area (Å²) in [4.78, 5) is 22.9. The van der Waals surface area contributed by atoms with Crippen LogP contribution in [0.2, 0.25) is 0 Å². The lowest BCUT2D eigenvalue weighted by atomic mass is 9.95. The van der Waals surface area contributed by atoms with E-state index in [1.54, 1.807) is 0 Å². The fraction of sp³-hybridized carbons (Fsp3) is 0.0526. The quantitative estimate of drug-likeness (QED) is 0.204. The van der Waals surface area contributed by atoms with Crippen LogP contribution in [-0.2, 0) is 0 Å². The maximum atomic E-state index is 11.5. The Morgan fingerprint density at radius 2 is 1.05 bits per heavy atom. The third kappa shape index (κ3) is 3.69. The van der Waals surface area contributed by atoms with Crippen molar-refractivity contribution < 1.29 is 9.59 Å². The van der Waals surface area contributed by atoms with E-state index < -0.39 is 0 Å². The van der Waals surface area contributed by atoms with Crippen LogP contribution in [0.5, 0.6) is 0 Å². The van der Waals surface area contributed by atoms with E-state index in [1.807, 2.05) is 36.4 Å². The van der Waals surface area contributed by atoms with E-state index in [1.165, 1.54) is 16.8 Å². The van der Waals surface area contributed by atoms with Crippen LogP contribution in [0.4, 0.5) is 0 Å². The van der Waals surface area contributed by atoms with Gasteiger partial charge >= 0.3 is 0 Å². The molecule has 2 heterocycles. The minimum absolute atomic E-state index is 0.684. The molecule has 8 rings (SSSR count). The molecule has 0 aliphatic heterocycles. The summed E-state index contributed by atoms with van der Waals surface area (Å²) in [6.45, 7) is 0. The highest BCUT2D eigenvalue weighted by Crippen LogP contribution is 2.37. The Labute approximate surface area is 242 Å². The van der Waals surface area contributed by atoms with Crippen LogP contribution < -0.4 is 0 Å². The van der Waals surface area contributed by atoms with Gasteiger partial charge in [0.05, 0.1) is 22.1 Å². The highest BCUT2D eigenvalue weighted by molar-refractivity contribution is 6.12. The molecule has 0 radical (unpaired) electrons. The minimum atomic E-state index is 0.684. The van der Waals surface area contributed by atoms with E-state index in [2.05, 4.69) is 94.1 Å². The minimum Gasteiger partial charge on any atom is -0.313 e. The molecule has 7 aromatic rings. The van der Waals surface area contributed by atoms with Gasteiger partial charge in [0, 0.05) is 44.1 Å². The van der Waals surface area contributed by atoms with Crippen molar-refractivity contribution in [1.29, 1.82) is 0 Å². The number of fused-ring (bicyclic) bond motifs is 6. The van der Waals surface area contributed by atoms with Crippen molar-refractivity contribution in [3.63, 3.8) is 0 Å². The average Bonchev–Trinajstić information content (AvgIpc) is 3.57. The van der Waals surface area contributed by atoms with Gasteiger partial charge in [0.15, 0.2) is 0 Å². The van der Waals surface area contributed by atoms with Crippen molar-refractivity contribution in [2.45, 2.75) is 12.8 Å². The zero-order chi connectivity index (χ0) is 28.2. The van der Waals surface area contributed by atoms with Gasteiger partial charge in [-0.05, 0) is 90.7 Å². The zero-order valence-electron chi connectivity index (χ0n) is 22.8. The predicted molar refractivity (Wildman–Crippen MR) is 172 cm³/mol. The van der Waals surface area contributed by atoms with E-state index in [4.69, 9.17) is 0 Å². The summed E-state index contributed by atoms with van der Waals surface area (Å²) in [6, 6.07) is 37.4. The van der Waals surface area contributed by atoms with Gasteiger partial charge in [0.2, 0.25) is 0 Å². The Kier molecular flexibility index (Phi) is 5.54. The van der Waals surface area contributed by atoms with Gasteiger partial charge in [0.25, 0.3) is 0 Å². The first-order valence-electron chi connectivity index (χ1n) is 14.2. The zero-order valence-corrected chi connectivity index (χ0v) is 22.8. The van der Waals surface area contributed by atoms with Crippen LogP contribution in [0.1, 0.15) is 39.1 Å². The second-order valence-corrected chi connectivity index (χ2v) is 10.9. The Morgan fingerprint density at radius 1 is 0.500 bits per heavy atom. The van der Waals surface area contributed by atoms with E-state index in [0.717, 1.165) is 74.7 Å². The molecule has 4 heteroatoms. The van der Waals surface area contributed by atoms with Crippen LogP contribution in [0, 0.1) is 0 Å². The molecule has 0 saturated carbocycles. The van der Waals surface area contributed by atoms with Crippen molar-refractivity contribution in [1.82, 2.24) is 9.13 Å². The van der Waals surface area contributed by atoms with Crippen LogP contribution in [-0.4, -0.2) is 21.7 Å². The molecule has 0 amide bonds. The predicted octanol–water partition coefficient (Wildman–Crippen LogP) is 9.23. The normalized spacial score (nSPS) is 13.5. The summed E-state index contributed by atoms with van der Waals surface area (Å²) in [5, 5.41) is 4.49. The molecule has 0 spiro atoms.